The van der Waals surface area contributed by atoms with Crippen LogP contribution in [-0.4, -0.2) is 103 Å². The van der Waals surface area contributed by atoms with Crippen LogP contribution < -0.4 is 0 Å². The molecule has 0 aliphatic heterocycles. The molecule has 0 bridgehead atoms. The van der Waals surface area contributed by atoms with Gasteiger partial charge in [0.05, 0.1) is 26.9 Å². The molecule has 8 heterocycles. The third kappa shape index (κ3) is 26.0. The molecule has 0 amide bonds. The van der Waals surface area contributed by atoms with E-state index in [2.05, 4.69) is 83.2 Å². The molecule has 0 unspecified atom stereocenters. The minimum absolute atomic E-state index is 0. The van der Waals surface area contributed by atoms with Crippen molar-refractivity contribution in [3.05, 3.63) is 227 Å². The Morgan fingerprint density at radius 2 is 0.933 bits per heavy atom. The third-order valence-electron chi connectivity index (χ3n) is 10.4. The van der Waals surface area contributed by atoms with Crippen molar-refractivity contribution in [2.45, 2.75) is 76.1 Å². The number of aliphatic hydroxyl groups is 2. The molecule has 0 spiro atoms. The second kappa shape index (κ2) is 40.9. The fraction of sp³-hybridized carbons (Fsp3) is 0.200. The number of fused-ring (bicyclic) bond motifs is 6. The Kier molecular flexibility index (Phi) is 20.3. The van der Waals surface area contributed by atoms with Crippen LogP contribution >= 0.6 is 0 Å². The molecule has 0 atom stereocenters. The van der Waals surface area contributed by atoms with Gasteiger partial charge in [0, 0.05) is 181 Å². The van der Waals surface area contributed by atoms with E-state index in [1.54, 1.807) is 66.7 Å². The molecule has 464 valence electrons. The van der Waals surface area contributed by atoms with Crippen molar-refractivity contribution in [1.82, 2.24) is 29.9 Å². The van der Waals surface area contributed by atoms with E-state index >= 15 is 0 Å². The monoisotopic (exact) mass is 1600 g/mol. The van der Waals surface area contributed by atoms with Crippen LogP contribution in [0.15, 0.2) is 173 Å². The Morgan fingerprint density at radius 3 is 1.34 bits per heavy atom. The molecule has 2 N–H and O–H groups in total. The number of benzene rings is 4. The average Bonchev–Trinajstić information content (AvgIpc) is 1.67. The number of hydrogen-bond donors (Lipinski definition) is 2. The van der Waals surface area contributed by atoms with Gasteiger partial charge in [-0.15, -0.1) is 101 Å². The maximum atomic E-state index is 9.08. The maximum absolute atomic E-state index is 9.08. The summed E-state index contributed by atoms with van der Waals surface area (Å²) in [5.41, 5.74) is 3.95. The van der Waals surface area contributed by atoms with Gasteiger partial charge < -0.3 is 38.6 Å². The van der Waals surface area contributed by atoms with Crippen LogP contribution in [0.5, 0.6) is 0 Å². The van der Waals surface area contributed by atoms with Crippen molar-refractivity contribution in [1.29, 1.82) is 0 Å². The minimum Gasteiger partial charge on any atom is -0.748 e. The number of hydrogen-bond acceptors (Lipinski definition) is 13. The van der Waals surface area contributed by atoms with Crippen molar-refractivity contribution < 1.29 is 111 Å². The summed E-state index contributed by atoms with van der Waals surface area (Å²) in [5.74, 6) is 5.36. The molecular formula is C70H72B4Ir2N6O7S-4. The quantitative estimate of drug-likeness (QED) is 0.0730. The molecule has 4 aromatic carbocycles. The Bertz CT molecular complexity index is 5000. The van der Waals surface area contributed by atoms with Crippen LogP contribution in [0, 0.1) is 84.9 Å². The zero-order valence-electron chi connectivity index (χ0n) is 75.8. The molecule has 90 heavy (non-hydrogen) atoms. The Morgan fingerprint density at radius 1 is 0.522 bits per heavy atom. The molecule has 8 radical (unpaired) electrons. The summed E-state index contributed by atoms with van der Waals surface area (Å²) < 4.78 is 249. The van der Waals surface area contributed by atoms with E-state index in [1.165, 1.54) is 60.9 Å². The van der Waals surface area contributed by atoms with E-state index < -0.39 is 83.4 Å². The molecule has 13 nitrogen and oxygen atoms in total. The van der Waals surface area contributed by atoms with Crippen molar-refractivity contribution >= 4 is 83.9 Å². The molecule has 12 aromatic rings. The van der Waals surface area contributed by atoms with Crippen LogP contribution in [0.1, 0.15) is 104 Å². The van der Waals surface area contributed by atoms with Gasteiger partial charge in [-0.2, -0.15) is 0 Å². The van der Waals surface area contributed by atoms with E-state index in [0.29, 0.717) is 61.5 Å². The van der Waals surface area contributed by atoms with Crippen LogP contribution in [0.4, 0.5) is 0 Å². The SMILES string of the molecule is C.CC#CC.CO.CO.CS(=O)(=O)[O-].[2H]C([2H])([2H])c1c[c-]c(-c2ccc(C([2H])([2H])[2H])cn2)cc1.[2H]C([2H])([2H])c1c[c-]c(-c2ccc(C([2H])([2H])[2H])cn2)cc1.[2H]c1c(C([2H])([2H])[2H])cnc(-c2[c-]ccc3c2oc2nc(C([2H])([2H])[2H])ccc23)c1[2H].[2H]c1c(C([2H])([2H])[2H])cnc(-c2cccc3c2oc2nc(C([2H])([2H])[2H])ccc23)c1[2H].[B]B([B])[B].[Ir].[Ir]. The normalized spacial score (nSPS) is 15.3. The van der Waals surface area contributed by atoms with Gasteiger partial charge in [0.25, 0.3) is 0 Å². The number of aryl methyl sites for hydroxylation is 8. The Balaban J connectivity index is 0.000000739. The first-order valence-corrected chi connectivity index (χ1v) is 26.7. The van der Waals surface area contributed by atoms with Crippen LogP contribution in [-0.2, 0) is 50.3 Å². The Labute approximate surface area is 602 Å². The summed E-state index contributed by atoms with van der Waals surface area (Å²) in [7, 11) is 12.1. The summed E-state index contributed by atoms with van der Waals surface area (Å²) in [6, 6.07) is 36.7. The molecule has 8 aromatic heterocycles. The standard InChI is InChI=1S/C18H14N2O.C18H13N2O.2C13H12N.C4H6.CH4O3S.2CH4O.CH4.B4.2Ir/c2*1-11-6-9-16(19-10-11)15-5-3-4-13-14-8-7-12(2)20-18(14)21-17(13)15;2*1-10-3-6-12(7-4-10)13-8-5-11(2)9-14-13;1-3-4-2;1-5(2,3)4;2*1-2;;1-4(2)3;;/h3-10H,1-2H3;3-4,6-10H,1-2H3;2*3-6,8-9H,1-2H3;1-2H3;1H3,(H,2,3,4);2*2H,1H3;1H4;;;/q;3*-1;;;;;;;;/p-1/i2*1D3,2D3,6D,9D;2*1D3,2D3;;;;;;;;. The van der Waals surface area contributed by atoms with Gasteiger partial charge in [0.2, 0.25) is 11.4 Å². The first-order chi connectivity index (χ1) is 53.0. The molecule has 0 saturated carbocycles. The van der Waals surface area contributed by atoms with E-state index in [9.17, 15) is 0 Å². The average molecular weight is 1600 g/mol. The van der Waals surface area contributed by atoms with Gasteiger partial charge >= 0.3 is 0 Å². The van der Waals surface area contributed by atoms with Crippen LogP contribution in [0.3, 0.4) is 0 Å². The number of pyridine rings is 6. The summed E-state index contributed by atoms with van der Waals surface area (Å²) in [5, 5.41) is 16.5. The zero-order valence-corrected chi connectivity index (χ0v) is 53.4. The number of aliphatic hydroxyl groups excluding tert-OH is 2. The summed E-state index contributed by atoms with van der Waals surface area (Å²) in [4.78, 5) is 24.5. The maximum Gasteiger partial charge on any atom is 0.227 e. The van der Waals surface area contributed by atoms with Crippen LogP contribution in [0.2, 0.25) is 0 Å². The van der Waals surface area contributed by atoms with Crippen LogP contribution in [0.25, 0.3) is 89.2 Å². The molecule has 0 fully saturated rings. The number of aromatic nitrogens is 6. The van der Waals surface area contributed by atoms with E-state index in [1.807, 2.05) is 13.8 Å². The molecule has 20 heteroatoms. The first-order valence-electron chi connectivity index (χ1n) is 38.9. The molecule has 0 saturated heterocycles. The fourth-order valence-electron chi connectivity index (χ4n) is 6.84. The predicted molar refractivity (Wildman–Crippen MR) is 364 cm³/mol. The Hall–Kier alpha value is -7.67. The number of rotatable bonds is 4. The van der Waals surface area contributed by atoms with E-state index in [0.717, 1.165) is 26.6 Å². The number of nitrogens with zero attached hydrogens (tertiary/aromatic N) is 6. The van der Waals surface area contributed by atoms with Gasteiger partial charge in [-0.25, -0.2) is 18.4 Å². The summed E-state index contributed by atoms with van der Waals surface area (Å²) >= 11 is 0. The topological polar surface area (TPSA) is 201 Å². The van der Waals surface area contributed by atoms with Gasteiger partial charge in [-0.05, 0) is 131 Å². The minimum atomic E-state index is -3.92. The summed E-state index contributed by atoms with van der Waals surface area (Å²) in [6.45, 7) is -14.9. The van der Waals surface area contributed by atoms with Crippen molar-refractivity contribution in [2.24, 2.45) is 0 Å². The second-order valence-electron chi connectivity index (χ2n) is 16.7. The van der Waals surface area contributed by atoms with Crippen molar-refractivity contribution in [3.8, 4) is 56.9 Å². The van der Waals surface area contributed by atoms with Crippen molar-refractivity contribution in [2.75, 3.05) is 20.5 Å². The van der Waals surface area contributed by atoms with Crippen molar-refractivity contribution in [3.63, 3.8) is 0 Å². The third-order valence-corrected chi connectivity index (χ3v) is 10.4. The molecular weight excluding hydrogens is 1500 g/mol. The fourth-order valence-corrected chi connectivity index (χ4v) is 6.84. The molecule has 0 aliphatic rings. The number of furan rings is 2. The predicted octanol–water partition coefficient (Wildman–Crippen LogP) is 14.0. The van der Waals surface area contributed by atoms with Gasteiger partial charge in [0.15, 0.2) is 0 Å². The van der Waals surface area contributed by atoms with Gasteiger partial charge in [-0.1, -0.05) is 86.6 Å². The molecule has 0 aliphatic carbocycles. The largest absolute Gasteiger partial charge is 0.748 e. The number of para-hydroxylation sites is 1. The first kappa shape index (κ1) is 44.7. The second-order valence-corrected chi connectivity index (χ2v) is 18.2. The van der Waals surface area contributed by atoms with E-state index in [-0.39, 0.29) is 138 Å². The molecule has 12 rings (SSSR count). The van der Waals surface area contributed by atoms with Gasteiger partial charge in [-0.3, -0.25) is 4.98 Å². The zero-order chi connectivity index (χ0) is 87.7. The summed E-state index contributed by atoms with van der Waals surface area (Å²) in [6.07, 6.45) is 4.67. The smallest absolute Gasteiger partial charge is 0.227 e. The van der Waals surface area contributed by atoms with Gasteiger partial charge in [0.1, 0.15) is 5.58 Å². The van der Waals surface area contributed by atoms with E-state index in [4.69, 9.17) is 70.4 Å².